The van der Waals surface area contributed by atoms with Crippen LogP contribution < -0.4 is 10.3 Å². The van der Waals surface area contributed by atoms with E-state index in [0.29, 0.717) is 23.1 Å². The molecule has 1 atom stereocenters. The number of rotatable bonds is 2. The van der Waals surface area contributed by atoms with Gasteiger partial charge in [-0.3, -0.25) is 14.5 Å². The van der Waals surface area contributed by atoms with Gasteiger partial charge in [0.05, 0.1) is 12.5 Å². The Hall–Kier alpha value is -3.41. The topological polar surface area (TPSA) is 76.8 Å². The van der Waals surface area contributed by atoms with Gasteiger partial charge in [0.15, 0.2) is 11.2 Å². The molecule has 0 saturated carbocycles. The van der Waals surface area contributed by atoms with Crippen molar-refractivity contribution in [2.75, 3.05) is 12.0 Å². The van der Waals surface area contributed by atoms with Crippen molar-refractivity contribution >= 4 is 28.5 Å². The number of para-hydroxylation sites is 2. The number of anilines is 1. The number of carbonyl (C=O) groups excluding carboxylic acids is 2. The third kappa shape index (κ3) is 2.47. The summed E-state index contributed by atoms with van der Waals surface area (Å²) in [5, 5.41) is 0.399. The first-order valence-corrected chi connectivity index (χ1v) is 8.12. The largest absolute Gasteiger partial charge is 0.467 e. The van der Waals surface area contributed by atoms with Gasteiger partial charge in [0.1, 0.15) is 11.6 Å². The molecule has 0 N–H and O–H groups in total. The summed E-state index contributed by atoms with van der Waals surface area (Å²) in [5.41, 5.74) is 1.49. The molecule has 2 heterocycles. The van der Waals surface area contributed by atoms with Gasteiger partial charge in [-0.15, -0.1) is 0 Å². The summed E-state index contributed by atoms with van der Waals surface area (Å²) in [4.78, 5) is 39.0. The lowest BCUT2D eigenvalue weighted by molar-refractivity contribution is -0.141. The highest BCUT2D eigenvalue weighted by Crippen LogP contribution is 2.34. The second-order valence-electron chi connectivity index (χ2n) is 6.02. The first-order chi connectivity index (χ1) is 12.6. The molecule has 1 amide bonds. The van der Waals surface area contributed by atoms with Crippen LogP contribution in [0.25, 0.3) is 11.0 Å². The summed E-state index contributed by atoms with van der Waals surface area (Å²) in [5.74, 6) is -1.18. The SMILES string of the molecule is COC(=O)[C@H]1Cc2ccccc2N1C(=O)c1cc(=O)c2ccccc2o1. The van der Waals surface area contributed by atoms with Crippen molar-refractivity contribution in [2.24, 2.45) is 0 Å². The Morgan fingerprint density at radius 3 is 2.65 bits per heavy atom. The van der Waals surface area contributed by atoms with Crippen molar-refractivity contribution in [3.05, 3.63) is 76.1 Å². The minimum Gasteiger partial charge on any atom is -0.467 e. The Morgan fingerprint density at radius 2 is 1.85 bits per heavy atom. The zero-order chi connectivity index (χ0) is 18.3. The van der Waals surface area contributed by atoms with Gasteiger partial charge in [-0.1, -0.05) is 30.3 Å². The van der Waals surface area contributed by atoms with Crippen LogP contribution in [0.4, 0.5) is 5.69 Å². The van der Waals surface area contributed by atoms with Crippen molar-refractivity contribution < 1.29 is 18.7 Å². The minimum atomic E-state index is -0.790. The standard InChI is InChI=1S/C20H15NO5/c1-25-20(24)15-10-12-6-2-4-8-14(12)21(15)19(23)18-11-16(22)13-7-3-5-9-17(13)26-18/h2-9,11,15H,10H2,1H3/t15-/m1/s1. The number of fused-ring (bicyclic) bond motifs is 2. The Balaban J connectivity index is 1.83. The second-order valence-corrected chi connectivity index (χ2v) is 6.02. The van der Waals surface area contributed by atoms with Crippen LogP contribution in [0.5, 0.6) is 0 Å². The molecule has 1 aliphatic rings. The van der Waals surface area contributed by atoms with E-state index in [1.54, 1.807) is 36.4 Å². The highest BCUT2D eigenvalue weighted by Gasteiger charge is 2.40. The van der Waals surface area contributed by atoms with Gasteiger partial charge >= 0.3 is 5.97 Å². The molecule has 1 aromatic heterocycles. The summed E-state index contributed by atoms with van der Waals surface area (Å²) < 4.78 is 10.5. The second kappa shape index (κ2) is 6.15. The van der Waals surface area contributed by atoms with E-state index in [1.165, 1.54) is 18.1 Å². The average molecular weight is 349 g/mol. The van der Waals surface area contributed by atoms with Gasteiger partial charge in [0.25, 0.3) is 5.91 Å². The summed E-state index contributed by atoms with van der Waals surface area (Å²) in [6.45, 7) is 0. The zero-order valence-corrected chi connectivity index (χ0v) is 14.0. The van der Waals surface area contributed by atoms with E-state index in [0.717, 1.165) is 5.56 Å². The molecule has 0 bridgehead atoms. The fourth-order valence-electron chi connectivity index (χ4n) is 3.29. The van der Waals surface area contributed by atoms with Crippen molar-refractivity contribution in [3.63, 3.8) is 0 Å². The summed E-state index contributed by atoms with van der Waals surface area (Å²) in [6.07, 6.45) is 0.354. The number of carbonyl (C=O) groups is 2. The number of hydrogen-bond donors (Lipinski definition) is 0. The van der Waals surface area contributed by atoms with Crippen molar-refractivity contribution in [2.45, 2.75) is 12.5 Å². The van der Waals surface area contributed by atoms with E-state index < -0.39 is 17.9 Å². The highest BCUT2D eigenvalue weighted by atomic mass is 16.5. The van der Waals surface area contributed by atoms with E-state index in [9.17, 15) is 14.4 Å². The first-order valence-electron chi connectivity index (χ1n) is 8.12. The molecule has 0 spiro atoms. The molecule has 6 nitrogen and oxygen atoms in total. The third-order valence-corrected chi connectivity index (χ3v) is 4.51. The molecule has 3 aromatic rings. The van der Waals surface area contributed by atoms with Crippen LogP contribution in [0.1, 0.15) is 16.1 Å². The quantitative estimate of drug-likeness (QED) is 0.665. The summed E-state index contributed by atoms with van der Waals surface area (Å²) in [7, 11) is 1.28. The molecular formula is C20H15NO5. The van der Waals surface area contributed by atoms with Crippen LogP contribution >= 0.6 is 0 Å². The predicted octanol–water partition coefficient (Wildman–Crippen LogP) is 2.54. The number of methoxy groups -OCH3 is 1. The molecule has 0 aliphatic carbocycles. The molecule has 1 aliphatic heterocycles. The van der Waals surface area contributed by atoms with Crippen molar-refractivity contribution in [3.8, 4) is 0 Å². The van der Waals surface area contributed by atoms with Crippen LogP contribution in [0.2, 0.25) is 0 Å². The lowest BCUT2D eigenvalue weighted by Gasteiger charge is -2.23. The highest BCUT2D eigenvalue weighted by molar-refractivity contribution is 6.10. The maximum absolute atomic E-state index is 13.1. The molecule has 2 aromatic carbocycles. The van der Waals surface area contributed by atoms with E-state index in [1.807, 2.05) is 12.1 Å². The Morgan fingerprint density at radius 1 is 1.12 bits per heavy atom. The number of ether oxygens (including phenoxy) is 1. The number of amides is 1. The third-order valence-electron chi connectivity index (χ3n) is 4.51. The lowest BCUT2D eigenvalue weighted by atomic mass is 10.1. The summed E-state index contributed by atoms with van der Waals surface area (Å²) >= 11 is 0. The summed E-state index contributed by atoms with van der Waals surface area (Å²) in [6, 6.07) is 14.3. The lowest BCUT2D eigenvalue weighted by Crippen LogP contribution is -2.43. The van der Waals surface area contributed by atoms with Gasteiger partial charge in [-0.25, -0.2) is 4.79 Å². The first kappa shape index (κ1) is 16.1. The van der Waals surface area contributed by atoms with E-state index in [2.05, 4.69) is 0 Å². The van der Waals surface area contributed by atoms with Gasteiger partial charge in [-0.2, -0.15) is 0 Å². The Bertz CT molecular complexity index is 1080. The average Bonchev–Trinajstić information content (AvgIpc) is 3.06. The zero-order valence-electron chi connectivity index (χ0n) is 14.0. The van der Waals surface area contributed by atoms with Gasteiger partial charge in [-0.05, 0) is 23.8 Å². The molecule has 0 fully saturated rings. The molecule has 0 radical (unpaired) electrons. The van der Waals surface area contributed by atoms with Crippen molar-refractivity contribution in [1.29, 1.82) is 0 Å². The van der Waals surface area contributed by atoms with Crippen LogP contribution in [-0.4, -0.2) is 25.0 Å². The number of esters is 1. The number of benzene rings is 2. The smallest absolute Gasteiger partial charge is 0.329 e. The van der Waals surface area contributed by atoms with E-state index in [4.69, 9.17) is 9.15 Å². The molecule has 26 heavy (non-hydrogen) atoms. The molecule has 4 rings (SSSR count). The number of nitrogens with zero attached hydrogens (tertiary/aromatic N) is 1. The Labute approximate surface area is 148 Å². The van der Waals surface area contributed by atoms with E-state index in [-0.39, 0.29) is 11.2 Å². The van der Waals surface area contributed by atoms with Crippen LogP contribution in [0, 0.1) is 0 Å². The van der Waals surface area contributed by atoms with Gasteiger partial charge in [0.2, 0.25) is 0 Å². The predicted molar refractivity (Wildman–Crippen MR) is 95.2 cm³/mol. The van der Waals surface area contributed by atoms with Crippen LogP contribution in [0.3, 0.4) is 0 Å². The van der Waals surface area contributed by atoms with Crippen LogP contribution in [0.15, 0.2) is 63.8 Å². The normalized spacial score (nSPS) is 15.7. The van der Waals surface area contributed by atoms with Gasteiger partial charge < -0.3 is 9.15 Å². The maximum Gasteiger partial charge on any atom is 0.329 e. The van der Waals surface area contributed by atoms with E-state index >= 15 is 0 Å². The monoisotopic (exact) mass is 349 g/mol. The molecule has 130 valence electrons. The fourth-order valence-corrected chi connectivity index (χ4v) is 3.29. The molecule has 0 saturated heterocycles. The Kier molecular flexibility index (Phi) is 3.80. The molecular weight excluding hydrogens is 334 g/mol. The molecule has 6 heteroatoms. The van der Waals surface area contributed by atoms with Crippen LogP contribution in [-0.2, 0) is 16.0 Å². The van der Waals surface area contributed by atoms with Gasteiger partial charge in [0, 0.05) is 18.2 Å². The maximum atomic E-state index is 13.1. The fraction of sp³-hybridized carbons (Fsp3) is 0.150. The van der Waals surface area contributed by atoms with Crippen molar-refractivity contribution in [1.82, 2.24) is 0 Å². The minimum absolute atomic E-state index is 0.112. The molecule has 0 unspecified atom stereocenters. The number of hydrogen-bond acceptors (Lipinski definition) is 5.